The molecule has 0 amide bonds. The molecule has 1 heterocycles. The topological polar surface area (TPSA) is 49.7 Å². The SMILES string of the molecule is B[C@H]1C[C@@]2(O)C[C@H](C)[C@@H](O)[C@H]2O1. The van der Waals surface area contributed by atoms with E-state index in [1.54, 1.807) is 0 Å². The molecule has 2 fully saturated rings. The third-order valence-electron chi connectivity index (χ3n) is 3.12. The van der Waals surface area contributed by atoms with E-state index in [0.29, 0.717) is 12.8 Å². The van der Waals surface area contributed by atoms with Crippen molar-refractivity contribution in [1.29, 1.82) is 0 Å². The van der Waals surface area contributed by atoms with Crippen LogP contribution in [0.4, 0.5) is 0 Å². The van der Waals surface area contributed by atoms with Crippen LogP contribution in [-0.2, 0) is 4.74 Å². The Morgan fingerprint density at radius 3 is 2.75 bits per heavy atom. The third kappa shape index (κ3) is 1.02. The molecule has 0 radical (unpaired) electrons. The maximum Gasteiger partial charge on any atom is 0.139 e. The smallest absolute Gasteiger partial charge is 0.139 e. The van der Waals surface area contributed by atoms with Crippen LogP contribution in [0.25, 0.3) is 0 Å². The average Bonchev–Trinajstić information content (AvgIpc) is 2.31. The van der Waals surface area contributed by atoms with Crippen LogP contribution in [0.1, 0.15) is 19.8 Å². The Morgan fingerprint density at radius 2 is 2.17 bits per heavy atom. The predicted molar refractivity (Wildman–Crippen MR) is 46.6 cm³/mol. The Balaban J connectivity index is 2.20. The van der Waals surface area contributed by atoms with Crippen LogP contribution in [0.5, 0.6) is 0 Å². The van der Waals surface area contributed by atoms with E-state index < -0.39 is 11.7 Å². The predicted octanol–water partition coefficient (Wildman–Crippen LogP) is -1.13. The minimum absolute atomic E-state index is 0.0853. The highest BCUT2D eigenvalue weighted by Gasteiger charge is 2.56. The van der Waals surface area contributed by atoms with Crippen LogP contribution < -0.4 is 0 Å². The average molecular weight is 170 g/mol. The summed E-state index contributed by atoms with van der Waals surface area (Å²) in [5, 5.41) is 19.7. The lowest BCUT2D eigenvalue weighted by Crippen LogP contribution is -2.37. The Morgan fingerprint density at radius 1 is 1.50 bits per heavy atom. The van der Waals surface area contributed by atoms with Crippen LogP contribution in [0, 0.1) is 5.92 Å². The van der Waals surface area contributed by atoms with Gasteiger partial charge in [-0.1, -0.05) is 6.92 Å². The largest absolute Gasteiger partial charge is 0.390 e. The Kier molecular flexibility index (Phi) is 1.76. The zero-order chi connectivity index (χ0) is 8.93. The molecule has 3 nitrogen and oxygen atoms in total. The van der Waals surface area contributed by atoms with Gasteiger partial charge in [0.2, 0.25) is 0 Å². The molecule has 0 aromatic carbocycles. The van der Waals surface area contributed by atoms with Crippen molar-refractivity contribution in [2.45, 2.75) is 43.6 Å². The van der Waals surface area contributed by atoms with E-state index in [-0.39, 0.29) is 18.0 Å². The highest BCUT2D eigenvalue weighted by atomic mass is 16.5. The van der Waals surface area contributed by atoms with Gasteiger partial charge in [0, 0.05) is 6.00 Å². The first-order chi connectivity index (χ1) is 5.53. The lowest BCUT2D eigenvalue weighted by molar-refractivity contribution is -0.0647. The molecule has 0 bridgehead atoms. The molecule has 5 atom stereocenters. The standard InChI is InChI=1S/C8H15BO3/c1-4-2-8(11)3-5(9)12-7(8)6(4)10/h4-7,10-11H,2-3,9H2,1H3/t4-,5+,6+,7+,8-/m0/s1. The molecule has 1 saturated heterocycles. The summed E-state index contributed by atoms with van der Waals surface area (Å²) in [6, 6.07) is 0.0853. The van der Waals surface area contributed by atoms with E-state index >= 15 is 0 Å². The van der Waals surface area contributed by atoms with Crippen LogP contribution in [0.2, 0.25) is 0 Å². The minimum atomic E-state index is -0.752. The maximum atomic E-state index is 10.1. The van der Waals surface area contributed by atoms with Gasteiger partial charge >= 0.3 is 0 Å². The summed E-state index contributed by atoms with van der Waals surface area (Å²) in [7, 11) is 1.94. The summed E-state index contributed by atoms with van der Waals surface area (Å²) in [5.41, 5.74) is -0.752. The minimum Gasteiger partial charge on any atom is -0.390 e. The second kappa shape index (κ2) is 2.47. The highest BCUT2D eigenvalue weighted by molar-refractivity contribution is 6.11. The molecule has 2 rings (SSSR count). The first-order valence-corrected chi connectivity index (χ1v) is 4.59. The van der Waals surface area contributed by atoms with Crippen molar-refractivity contribution in [2.24, 2.45) is 5.92 Å². The summed E-state index contributed by atoms with van der Waals surface area (Å²) in [5.74, 6) is 0.160. The molecule has 0 spiro atoms. The highest BCUT2D eigenvalue weighted by Crippen LogP contribution is 2.44. The molecule has 68 valence electrons. The van der Waals surface area contributed by atoms with Crippen molar-refractivity contribution >= 4 is 7.85 Å². The van der Waals surface area contributed by atoms with E-state index in [4.69, 9.17) is 4.74 Å². The first kappa shape index (κ1) is 8.54. The molecule has 1 aliphatic carbocycles. The fraction of sp³-hybridized carbons (Fsp3) is 1.00. The second-order valence-electron chi connectivity index (χ2n) is 4.35. The molecule has 1 saturated carbocycles. The van der Waals surface area contributed by atoms with Crippen molar-refractivity contribution in [2.75, 3.05) is 0 Å². The van der Waals surface area contributed by atoms with Crippen molar-refractivity contribution in [3.05, 3.63) is 0 Å². The lowest BCUT2D eigenvalue weighted by atomic mass is 9.87. The van der Waals surface area contributed by atoms with Gasteiger partial charge in [0.1, 0.15) is 14.0 Å². The van der Waals surface area contributed by atoms with Gasteiger partial charge in [-0.3, -0.25) is 0 Å². The summed E-state index contributed by atoms with van der Waals surface area (Å²) in [6.07, 6.45) is 0.504. The van der Waals surface area contributed by atoms with Gasteiger partial charge in [-0.25, -0.2) is 0 Å². The van der Waals surface area contributed by atoms with E-state index in [0.717, 1.165) is 0 Å². The number of aliphatic hydroxyl groups is 2. The molecular weight excluding hydrogens is 155 g/mol. The second-order valence-corrected chi connectivity index (χ2v) is 4.35. The summed E-state index contributed by atoms with van der Waals surface area (Å²) < 4.78 is 5.47. The number of hydrogen-bond acceptors (Lipinski definition) is 3. The van der Waals surface area contributed by atoms with E-state index in [1.165, 1.54) is 0 Å². The number of rotatable bonds is 0. The van der Waals surface area contributed by atoms with E-state index in [2.05, 4.69) is 0 Å². The number of aliphatic hydroxyl groups excluding tert-OH is 1. The lowest BCUT2D eigenvalue weighted by Gasteiger charge is -2.20. The number of hydrogen-bond donors (Lipinski definition) is 2. The van der Waals surface area contributed by atoms with Gasteiger partial charge in [0.15, 0.2) is 0 Å². The summed E-state index contributed by atoms with van der Waals surface area (Å²) in [6.45, 7) is 1.95. The third-order valence-corrected chi connectivity index (χ3v) is 3.12. The Hall–Kier alpha value is -0.0551. The van der Waals surface area contributed by atoms with E-state index in [1.807, 2.05) is 14.8 Å². The summed E-state index contributed by atoms with van der Waals surface area (Å²) in [4.78, 5) is 0. The molecule has 2 aliphatic rings. The zero-order valence-electron chi connectivity index (χ0n) is 7.53. The van der Waals surface area contributed by atoms with Crippen molar-refractivity contribution in [3.63, 3.8) is 0 Å². The monoisotopic (exact) mass is 170 g/mol. The summed E-state index contributed by atoms with van der Waals surface area (Å²) >= 11 is 0. The van der Waals surface area contributed by atoms with Crippen LogP contribution in [0.3, 0.4) is 0 Å². The molecule has 12 heavy (non-hydrogen) atoms. The Bertz CT molecular complexity index is 199. The molecule has 0 aromatic rings. The van der Waals surface area contributed by atoms with Gasteiger partial charge in [0.25, 0.3) is 0 Å². The molecule has 4 heteroatoms. The molecule has 0 aromatic heterocycles. The van der Waals surface area contributed by atoms with Gasteiger partial charge in [-0.05, 0) is 18.8 Å². The van der Waals surface area contributed by atoms with Crippen molar-refractivity contribution < 1.29 is 14.9 Å². The molecule has 1 aliphatic heterocycles. The first-order valence-electron chi connectivity index (χ1n) is 4.59. The molecule has 0 unspecified atom stereocenters. The zero-order valence-corrected chi connectivity index (χ0v) is 7.53. The van der Waals surface area contributed by atoms with Gasteiger partial charge in [-0.15, -0.1) is 0 Å². The normalized spacial score (nSPS) is 58.9. The van der Waals surface area contributed by atoms with Crippen LogP contribution >= 0.6 is 0 Å². The number of ether oxygens (including phenoxy) is 1. The van der Waals surface area contributed by atoms with Gasteiger partial charge in [-0.2, -0.15) is 0 Å². The van der Waals surface area contributed by atoms with Gasteiger partial charge in [0.05, 0.1) is 11.7 Å². The van der Waals surface area contributed by atoms with Crippen molar-refractivity contribution in [1.82, 2.24) is 0 Å². The van der Waals surface area contributed by atoms with Crippen molar-refractivity contribution in [3.8, 4) is 0 Å². The van der Waals surface area contributed by atoms with Crippen LogP contribution in [-0.4, -0.2) is 41.9 Å². The Labute approximate surface area is 73.1 Å². The van der Waals surface area contributed by atoms with Crippen LogP contribution in [0.15, 0.2) is 0 Å². The maximum absolute atomic E-state index is 10.1. The van der Waals surface area contributed by atoms with Gasteiger partial charge < -0.3 is 14.9 Å². The number of fused-ring (bicyclic) bond motifs is 1. The molecular formula is C8H15BO3. The molecule has 2 N–H and O–H groups in total. The fourth-order valence-electron chi connectivity index (χ4n) is 2.61. The van der Waals surface area contributed by atoms with E-state index in [9.17, 15) is 10.2 Å². The fourth-order valence-corrected chi connectivity index (χ4v) is 2.61. The quantitative estimate of drug-likeness (QED) is 0.452.